The molecule has 0 bridgehead atoms. The monoisotopic (exact) mass is 402 g/mol. The van der Waals surface area contributed by atoms with Crippen LogP contribution in [-0.2, 0) is 5.41 Å². The van der Waals surface area contributed by atoms with Crippen molar-refractivity contribution in [3.05, 3.63) is 59.1 Å². The summed E-state index contributed by atoms with van der Waals surface area (Å²) in [4.78, 5) is 4.63. The van der Waals surface area contributed by atoms with Crippen LogP contribution in [0.15, 0.2) is 48.5 Å². The molecule has 1 saturated heterocycles. The first kappa shape index (κ1) is 21.0. The van der Waals surface area contributed by atoms with Gasteiger partial charge in [-0.05, 0) is 35.2 Å². The van der Waals surface area contributed by atoms with Crippen LogP contribution < -0.4 is 9.64 Å². The molecule has 0 radical (unpaired) electrons. The van der Waals surface area contributed by atoms with E-state index in [0.29, 0.717) is 13.2 Å². The first-order chi connectivity index (χ1) is 13.3. The zero-order chi connectivity index (χ0) is 20.1. The van der Waals surface area contributed by atoms with Crippen molar-refractivity contribution >= 4 is 17.3 Å². The summed E-state index contributed by atoms with van der Waals surface area (Å²) >= 11 is 6.10. The number of β-amino-alcohol motifs (C(OH)–C–C–N with tert-alkyl or cyclic N) is 1. The van der Waals surface area contributed by atoms with Gasteiger partial charge in [0.15, 0.2) is 0 Å². The number of piperazine rings is 1. The van der Waals surface area contributed by atoms with Crippen molar-refractivity contribution in [3.63, 3.8) is 0 Å². The third kappa shape index (κ3) is 5.63. The van der Waals surface area contributed by atoms with E-state index in [1.165, 1.54) is 0 Å². The number of para-hydroxylation sites is 1. The molecule has 0 amide bonds. The first-order valence-electron chi connectivity index (χ1n) is 9.96. The Bertz CT molecular complexity index is 767. The first-order valence-corrected chi connectivity index (χ1v) is 10.3. The average molecular weight is 403 g/mol. The van der Waals surface area contributed by atoms with E-state index in [1.807, 2.05) is 36.4 Å². The Morgan fingerprint density at radius 3 is 2.43 bits per heavy atom. The van der Waals surface area contributed by atoms with Crippen LogP contribution >= 0.6 is 11.6 Å². The molecule has 1 N–H and O–H groups in total. The van der Waals surface area contributed by atoms with Crippen molar-refractivity contribution in [2.75, 3.05) is 44.2 Å². The molecule has 5 heteroatoms. The van der Waals surface area contributed by atoms with Gasteiger partial charge in [-0.15, -0.1) is 0 Å². The van der Waals surface area contributed by atoms with Gasteiger partial charge in [-0.3, -0.25) is 4.90 Å². The number of benzene rings is 2. The quantitative estimate of drug-likeness (QED) is 0.785. The molecule has 1 heterocycles. The maximum absolute atomic E-state index is 10.5. The number of hydrogen-bond acceptors (Lipinski definition) is 4. The number of ether oxygens (including phenoxy) is 1. The molecule has 0 saturated carbocycles. The van der Waals surface area contributed by atoms with Crippen molar-refractivity contribution in [1.82, 2.24) is 4.90 Å². The van der Waals surface area contributed by atoms with Gasteiger partial charge in [0.2, 0.25) is 0 Å². The zero-order valence-electron chi connectivity index (χ0n) is 17.1. The molecule has 1 atom stereocenters. The Morgan fingerprint density at radius 1 is 1.04 bits per heavy atom. The van der Waals surface area contributed by atoms with E-state index in [1.54, 1.807) is 0 Å². The van der Waals surface area contributed by atoms with Crippen molar-refractivity contribution < 1.29 is 9.84 Å². The average Bonchev–Trinajstić information content (AvgIpc) is 2.66. The lowest BCUT2D eigenvalue weighted by Crippen LogP contribution is -2.49. The summed E-state index contributed by atoms with van der Waals surface area (Å²) in [5, 5.41) is 11.2. The normalized spacial score (nSPS) is 16.8. The minimum atomic E-state index is -0.509. The van der Waals surface area contributed by atoms with Gasteiger partial charge in [0.05, 0.1) is 0 Å². The molecule has 1 aliphatic rings. The Hall–Kier alpha value is -1.75. The fourth-order valence-electron chi connectivity index (χ4n) is 3.61. The minimum Gasteiger partial charge on any atom is -0.491 e. The number of aliphatic hydroxyl groups is 1. The van der Waals surface area contributed by atoms with Crippen molar-refractivity contribution in [2.24, 2.45) is 0 Å². The highest BCUT2D eigenvalue weighted by Crippen LogP contribution is 2.31. The van der Waals surface area contributed by atoms with E-state index >= 15 is 0 Å². The predicted octanol–water partition coefficient (Wildman–Crippen LogP) is 4.20. The molecule has 0 unspecified atom stereocenters. The summed E-state index contributed by atoms with van der Waals surface area (Å²) in [6, 6.07) is 16.1. The topological polar surface area (TPSA) is 35.9 Å². The van der Waals surface area contributed by atoms with Crippen molar-refractivity contribution in [2.45, 2.75) is 32.3 Å². The van der Waals surface area contributed by atoms with Gasteiger partial charge < -0.3 is 14.7 Å². The lowest BCUT2D eigenvalue weighted by molar-refractivity contribution is 0.0656. The third-order valence-electron chi connectivity index (χ3n) is 5.14. The van der Waals surface area contributed by atoms with Gasteiger partial charge in [-0.25, -0.2) is 0 Å². The highest BCUT2D eigenvalue weighted by Gasteiger charge is 2.22. The number of aliphatic hydroxyl groups excluding tert-OH is 1. The molecule has 3 rings (SSSR count). The van der Waals surface area contributed by atoms with Crippen LogP contribution in [0.5, 0.6) is 5.75 Å². The smallest absolute Gasteiger partial charge is 0.123 e. The summed E-state index contributed by atoms with van der Waals surface area (Å²) in [6.45, 7) is 11.1. The van der Waals surface area contributed by atoms with E-state index in [2.05, 4.69) is 42.7 Å². The lowest BCUT2D eigenvalue weighted by Gasteiger charge is -2.37. The second-order valence-electron chi connectivity index (χ2n) is 8.48. The SMILES string of the molecule is CC(C)(C)c1ccccc1OC[C@H](O)CN1CCN(c2cccc(Cl)c2)CC1. The van der Waals surface area contributed by atoms with Crippen LogP contribution in [0.4, 0.5) is 5.69 Å². The molecule has 4 nitrogen and oxygen atoms in total. The Balaban J connectivity index is 1.47. The summed E-state index contributed by atoms with van der Waals surface area (Å²) in [6.07, 6.45) is -0.509. The van der Waals surface area contributed by atoms with E-state index in [0.717, 1.165) is 48.2 Å². The highest BCUT2D eigenvalue weighted by atomic mass is 35.5. The number of halogens is 1. The Morgan fingerprint density at radius 2 is 1.75 bits per heavy atom. The van der Waals surface area contributed by atoms with Gasteiger partial charge in [-0.1, -0.05) is 56.6 Å². The Labute approximate surface area is 173 Å². The molecule has 152 valence electrons. The van der Waals surface area contributed by atoms with E-state index in [4.69, 9.17) is 16.3 Å². The maximum atomic E-state index is 10.5. The fraction of sp³-hybridized carbons (Fsp3) is 0.478. The summed E-state index contributed by atoms with van der Waals surface area (Å²) in [5.74, 6) is 0.861. The van der Waals surface area contributed by atoms with E-state index in [-0.39, 0.29) is 5.41 Å². The maximum Gasteiger partial charge on any atom is 0.123 e. The van der Waals surface area contributed by atoms with Gasteiger partial charge in [0, 0.05) is 43.4 Å². The largest absolute Gasteiger partial charge is 0.491 e. The minimum absolute atomic E-state index is 0.0121. The van der Waals surface area contributed by atoms with Gasteiger partial charge in [-0.2, -0.15) is 0 Å². The number of rotatable bonds is 6. The van der Waals surface area contributed by atoms with Crippen molar-refractivity contribution in [3.8, 4) is 5.75 Å². The molecule has 0 aliphatic carbocycles. The van der Waals surface area contributed by atoms with E-state index in [9.17, 15) is 5.11 Å². The second-order valence-corrected chi connectivity index (χ2v) is 8.91. The van der Waals surface area contributed by atoms with Crippen LogP contribution in [0, 0.1) is 0 Å². The van der Waals surface area contributed by atoms with Crippen LogP contribution in [0.3, 0.4) is 0 Å². The van der Waals surface area contributed by atoms with Gasteiger partial charge in [0.1, 0.15) is 18.5 Å². The molecule has 28 heavy (non-hydrogen) atoms. The summed E-state index contributed by atoms with van der Waals surface area (Å²) in [5.41, 5.74) is 2.34. The van der Waals surface area contributed by atoms with Crippen LogP contribution in [0.1, 0.15) is 26.3 Å². The van der Waals surface area contributed by atoms with E-state index < -0.39 is 6.10 Å². The van der Waals surface area contributed by atoms with Crippen LogP contribution in [0.2, 0.25) is 5.02 Å². The zero-order valence-corrected chi connectivity index (χ0v) is 17.8. The molecule has 0 aromatic heterocycles. The second kappa shape index (κ2) is 9.17. The molecule has 2 aromatic rings. The number of nitrogens with zero attached hydrogens (tertiary/aromatic N) is 2. The number of hydrogen-bond donors (Lipinski definition) is 1. The van der Waals surface area contributed by atoms with Gasteiger partial charge in [0.25, 0.3) is 0 Å². The van der Waals surface area contributed by atoms with Crippen molar-refractivity contribution in [1.29, 1.82) is 0 Å². The lowest BCUT2D eigenvalue weighted by atomic mass is 9.86. The standard InChI is InChI=1S/C23H31ClN2O2/c1-23(2,3)21-9-4-5-10-22(21)28-17-20(27)16-25-11-13-26(14-12-25)19-8-6-7-18(24)15-19/h4-10,15,20,27H,11-14,16-17H2,1-3H3/t20-/m1/s1. The molecule has 1 aliphatic heterocycles. The molecule has 0 spiro atoms. The predicted molar refractivity (Wildman–Crippen MR) is 117 cm³/mol. The third-order valence-corrected chi connectivity index (χ3v) is 5.38. The molecule has 1 fully saturated rings. The molecule has 2 aromatic carbocycles. The molecular weight excluding hydrogens is 372 g/mol. The van der Waals surface area contributed by atoms with Crippen LogP contribution in [0.25, 0.3) is 0 Å². The van der Waals surface area contributed by atoms with Crippen LogP contribution in [-0.4, -0.2) is 55.4 Å². The summed E-state index contributed by atoms with van der Waals surface area (Å²) in [7, 11) is 0. The fourth-order valence-corrected chi connectivity index (χ4v) is 3.79. The highest BCUT2D eigenvalue weighted by molar-refractivity contribution is 6.30. The molecular formula is C23H31ClN2O2. The Kier molecular flexibility index (Phi) is 6.86. The van der Waals surface area contributed by atoms with Gasteiger partial charge >= 0.3 is 0 Å². The number of anilines is 1. The summed E-state index contributed by atoms with van der Waals surface area (Å²) < 4.78 is 5.97.